The van der Waals surface area contributed by atoms with E-state index in [9.17, 15) is 10.1 Å². The molecule has 1 aromatic heterocycles. The first-order chi connectivity index (χ1) is 9.50. The highest BCUT2D eigenvalue weighted by atomic mass is 16.6. The monoisotopic (exact) mass is 276 g/mol. The SMILES string of the molecule is CC[n+]1nnn2c1[C@]1([N+](=O)[O-])CC(C)=C(C)C[C@@H]1C=C2. The quantitative estimate of drug-likeness (QED) is 0.353. The lowest BCUT2D eigenvalue weighted by Gasteiger charge is -2.35. The van der Waals surface area contributed by atoms with Crippen molar-refractivity contribution in [2.45, 2.75) is 45.7 Å². The van der Waals surface area contributed by atoms with Crippen LogP contribution in [0.15, 0.2) is 17.2 Å². The number of nitro groups is 1. The first kappa shape index (κ1) is 13.0. The average Bonchev–Trinajstić information content (AvgIpc) is 2.83. The van der Waals surface area contributed by atoms with Gasteiger partial charge < -0.3 is 0 Å². The van der Waals surface area contributed by atoms with Crippen molar-refractivity contribution >= 4 is 6.20 Å². The van der Waals surface area contributed by atoms with E-state index in [-0.39, 0.29) is 10.8 Å². The van der Waals surface area contributed by atoms with Gasteiger partial charge in [-0.1, -0.05) is 15.8 Å². The minimum atomic E-state index is -1.14. The Labute approximate surface area is 116 Å². The molecule has 106 valence electrons. The lowest BCUT2D eigenvalue weighted by Crippen LogP contribution is -2.56. The Morgan fingerprint density at radius 1 is 1.55 bits per heavy atom. The number of hydrogen-bond acceptors (Lipinski definition) is 4. The molecular formula is C13H18N5O2+. The fraction of sp³-hybridized carbons (Fsp3) is 0.615. The van der Waals surface area contributed by atoms with Crippen molar-refractivity contribution in [3.63, 3.8) is 0 Å². The maximum atomic E-state index is 12.0. The summed E-state index contributed by atoms with van der Waals surface area (Å²) in [6.45, 7) is 6.55. The second-order valence-electron chi connectivity index (χ2n) is 5.63. The third kappa shape index (κ3) is 1.49. The Balaban J connectivity index is 2.27. The van der Waals surface area contributed by atoms with E-state index >= 15 is 0 Å². The van der Waals surface area contributed by atoms with Gasteiger partial charge in [-0.3, -0.25) is 10.1 Å². The van der Waals surface area contributed by atoms with E-state index in [0.717, 1.165) is 12.0 Å². The molecule has 7 heteroatoms. The van der Waals surface area contributed by atoms with Gasteiger partial charge in [-0.25, -0.2) is 0 Å². The highest BCUT2D eigenvalue weighted by Crippen LogP contribution is 2.47. The van der Waals surface area contributed by atoms with Gasteiger partial charge in [0.05, 0.1) is 18.9 Å². The van der Waals surface area contributed by atoms with Gasteiger partial charge in [0.2, 0.25) is 0 Å². The molecule has 2 aliphatic rings. The van der Waals surface area contributed by atoms with E-state index in [2.05, 4.69) is 17.4 Å². The summed E-state index contributed by atoms with van der Waals surface area (Å²) < 4.78 is 3.20. The molecule has 0 radical (unpaired) electrons. The summed E-state index contributed by atoms with van der Waals surface area (Å²) in [6, 6.07) is 0. The van der Waals surface area contributed by atoms with E-state index < -0.39 is 5.54 Å². The summed E-state index contributed by atoms with van der Waals surface area (Å²) >= 11 is 0. The molecule has 7 nitrogen and oxygen atoms in total. The van der Waals surface area contributed by atoms with Crippen LogP contribution < -0.4 is 4.68 Å². The zero-order valence-corrected chi connectivity index (χ0v) is 11.9. The maximum absolute atomic E-state index is 12.0. The number of nitrogens with zero attached hydrogens (tertiary/aromatic N) is 5. The first-order valence-electron chi connectivity index (χ1n) is 6.84. The lowest BCUT2D eigenvalue weighted by atomic mass is 9.69. The standard InChI is InChI=1S/C13H18N5O2/c1-4-16-12-13(18(19)20)8-10(3)9(2)7-11(13)5-6-17(12)15-14-16/h5-6,11H,4,7-8H2,1-3H3/q+1/t11-,13-/m0/s1. The van der Waals surface area contributed by atoms with Gasteiger partial charge in [0.1, 0.15) is 11.4 Å². The molecule has 2 heterocycles. The van der Waals surface area contributed by atoms with E-state index in [1.165, 1.54) is 5.57 Å². The molecule has 2 atom stereocenters. The van der Waals surface area contributed by atoms with Crippen LogP contribution in [0.2, 0.25) is 0 Å². The van der Waals surface area contributed by atoms with Crippen LogP contribution in [0.5, 0.6) is 0 Å². The number of fused-ring (bicyclic) bond motifs is 3. The number of allylic oxidation sites excluding steroid dienone is 1. The Hall–Kier alpha value is -2.05. The number of tetrazole rings is 1. The Bertz CT molecular complexity index is 645. The molecule has 1 aromatic rings. The van der Waals surface area contributed by atoms with Crippen LogP contribution in [-0.2, 0) is 12.1 Å². The minimum absolute atomic E-state index is 0.134. The van der Waals surface area contributed by atoms with E-state index in [4.69, 9.17) is 0 Å². The summed E-state index contributed by atoms with van der Waals surface area (Å²) in [5.41, 5.74) is 1.21. The summed E-state index contributed by atoms with van der Waals surface area (Å²) in [7, 11) is 0. The van der Waals surface area contributed by atoms with E-state index in [0.29, 0.717) is 18.8 Å². The second-order valence-corrected chi connectivity index (χ2v) is 5.63. The van der Waals surface area contributed by atoms with Gasteiger partial charge in [0, 0.05) is 4.92 Å². The molecule has 1 aliphatic carbocycles. The molecule has 0 saturated heterocycles. The molecule has 0 bridgehead atoms. The fourth-order valence-corrected chi connectivity index (χ4v) is 3.33. The van der Waals surface area contributed by atoms with Crippen LogP contribution in [0.3, 0.4) is 0 Å². The van der Waals surface area contributed by atoms with Crippen molar-refractivity contribution in [3.05, 3.63) is 33.2 Å². The van der Waals surface area contributed by atoms with E-state index in [1.807, 2.05) is 19.9 Å². The normalized spacial score (nSPS) is 28.2. The first-order valence-corrected chi connectivity index (χ1v) is 6.84. The predicted molar refractivity (Wildman–Crippen MR) is 71.0 cm³/mol. The van der Waals surface area contributed by atoms with Gasteiger partial charge in [0.15, 0.2) is 5.21 Å². The number of aromatic nitrogens is 4. The van der Waals surface area contributed by atoms with E-state index in [1.54, 1.807) is 15.6 Å². The number of hydrogen-bond donors (Lipinski definition) is 0. The smallest absolute Gasteiger partial charge is 0.263 e. The molecule has 0 saturated carbocycles. The van der Waals surface area contributed by atoms with Crippen molar-refractivity contribution in [2.75, 3.05) is 0 Å². The Morgan fingerprint density at radius 2 is 2.30 bits per heavy atom. The number of aryl methyl sites for hydroxylation is 1. The molecule has 0 aromatic carbocycles. The minimum Gasteiger partial charge on any atom is -0.263 e. The summed E-state index contributed by atoms with van der Waals surface area (Å²) in [5, 5.41) is 20.0. The van der Waals surface area contributed by atoms with Crippen molar-refractivity contribution in [1.29, 1.82) is 0 Å². The Morgan fingerprint density at radius 3 is 2.95 bits per heavy atom. The predicted octanol–water partition coefficient (Wildman–Crippen LogP) is 1.29. The second kappa shape index (κ2) is 4.22. The topological polar surface area (TPSA) is 77.7 Å². The Kier molecular flexibility index (Phi) is 2.74. The molecule has 20 heavy (non-hydrogen) atoms. The molecular weight excluding hydrogens is 258 g/mol. The van der Waals surface area contributed by atoms with Gasteiger partial charge in [-0.05, 0) is 33.3 Å². The van der Waals surface area contributed by atoms with Gasteiger partial charge >= 0.3 is 11.4 Å². The molecule has 0 N–H and O–H groups in total. The molecule has 1 aliphatic heterocycles. The summed E-state index contributed by atoms with van der Waals surface area (Å²) in [6.07, 6.45) is 4.85. The zero-order valence-electron chi connectivity index (χ0n) is 11.9. The lowest BCUT2D eigenvalue weighted by molar-refractivity contribution is -0.780. The van der Waals surface area contributed by atoms with Crippen molar-refractivity contribution in [3.8, 4) is 0 Å². The molecule has 0 spiro atoms. The van der Waals surface area contributed by atoms with Crippen LogP contribution in [0.1, 0.15) is 39.4 Å². The van der Waals surface area contributed by atoms with Crippen molar-refractivity contribution in [2.24, 2.45) is 5.92 Å². The largest absolute Gasteiger partial charge is 0.341 e. The van der Waals surface area contributed by atoms with Gasteiger partial charge in [-0.15, -0.1) is 4.68 Å². The average molecular weight is 276 g/mol. The summed E-state index contributed by atoms with van der Waals surface area (Å²) in [4.78, 5) is 11.8. The fourth-order valence-electron chi connectivity index (χ4n) is 3.33. The van der Waals surface area contributed by atoms with Crippen molar-refractivity contribution in [1.82, 2.24) is 15.1 Å². The third-order valence-corrected chi connectivity index (χ3v) is 4.58. The number of rotatable bonds is 2. The highest BCUT2D eigenvalue weighted by molar-refractivity contribution is 5.35. The zero-order chi connectivity index (χ0) is 14.5. The molecule has 3 rings (SSSR count). The highest BCUT2D eigenvalue weighted by Gasteiger charge is 2.62. The van der Waals surface area contributed by atoms with Crippen LogP contribution >= 0.6 is 0 Å². The van der Waals surface area contributed by atoms with Crippen LogP contribution in [-0.4, -0.2) is 20.0 Å². The van der Waals surface area contributed by atoms with Crippen LogP contribution in [0, 0.1) is 16.0 Å². The van der Waals surface area contributed by atoms with Crippen molar-refractivity contribution < 1.29 is 9.61 Å². The third-order valence-electron chi connectivity index (χ3n) is 4.58. The summed E-state index contributed by atoms with van der Waals surface area (Å²) in [5.74, 6) is 0.453. The van der Waals surface area contributed by atoms with Gasteiger partial charge in [-0.2, -0.15) is 0 Å². The van der Waals surface area contributed by atoms with Gasteiger partial charge in [0.25, 0.3) is 0 Å². The molecule has 0 unspecified atom stereocenters. The molecule has 0 amide bonds. The molecule has 0 fully saturated rings. The van der Waals surface area contributed by atoms with Crippen LogP contribution in [0.4, 0.5) is 0 Å². The van der Waals surface area contributed by atoms with Crippen LogP contribution in [0.25, 0.3) is 6.20 Å². The maximum Gasteiger partial charge on any atom is 0.341 e.